The van der Waals surface area contributed by atoms with Gasteiger partial charge in [0.2, 0.25) is 0 Å². The number of piperazine rings is 1. The van der Waals surface area contributed by atoms with Gasteiger partial charge in [-0.25, -0.2) is 0 Å². The van der Waals surface area contributed by atoms with Gasteiger partial charge in [0.25, 0.3) is 0 Å². The summed E-state index contributed by atoms with van der Waals surface area (Å²) in [6, 6.07) is 0.677. The molecule has 2 fully saturated rings. The lowest BCUT2D eigenvalue weighted by Gasteiger charge is -2.40. The quantitative estimate of drug-likeness (QED) is 0.815. The maximum Gasteiger partial charge on any atom is 0.0710 e. The fourth-order valence-corrected chi connectivity index (χ4v) is 3.12. The summed E-state index contributed by atoms with van der Waals surface area (Å²) < 4.78 is 6.12. The van der Waals surface area contributed by atoms with E-state index in [1.165, 1.54) is 19.4 Å². The fraction of sp³-hybridized carbons (Fsp3) is 1.00. The maximum absolute atomic E-state index is 6.12. The first-order valence-corrected chi connectivity index (χ1v) is 7.10. The van der Waals surface area contributed by atoms with Gasteiger partial charge in [-0.1, -0.05) is 13.8 Å². The molecule has 1 N–H and O–H groups in total. The lowest BCUT2D eigenvalue weighted by atomic mass is 9.99. The van der Waals surface area contributed by atoms with E-state index >= 15 is 0 Å². The number of nitrogens with one attached hydrogen (secondary N) is 1. The normalized spacial score (nSPS) is 34.4. The Balaban J connectivity index is 1.88. The van der Waals surface area contributed by atoms with Crippen molar-refractivity contribution in [2.45, 2.75) is 58.3 Å². The van der Waals surface area contributed by atoms with Gasteiger partial charge in [0, 0.05) is 32.2 Å². The molecule has 2 aliphatic heterocycles. The van der Waals surface area contributed by atoms with E-state index in [1.54, 1.807) is 0 Å². The van der Waals surface area contributed by atoms with Crippen molar-refractivity contribution in [2.75, 3.05) is 26.2 Å². The molecule has 2 rings (SSSR count). The van der Waals surface area contributed by atoms with Gasteiger partial charge in [0.05, 0.1) is 11.7 Å². The molecule has 0 radical (unpaired) electrons. The van der Waals surface area contributed by atoms with E-state index in [1.807, 2.05) is 0 Å². The van der Waals surface area contributed by atoms with E-state index in [-0.39, 0.29) is 5.60 Å². The Morgan fingerprint density at radius 1 is 1.41 bits per heavy atom. The zero-order valence-corrected chi connectivity index (χ0v) is 11.8. The molecule has 0 amide bonds. The average molecular weight is 240 g/mol. The molecule has 3 heteroatoms. The standard InChI is InChI=1S/C14H28N2O/c1-11(2)13-9-15-7-8-16(13)10-12-5-6-14(3,4)17-12/h11-13,15H,5-10H2,1-4H3. The van der Waals surface area contributed by atoms with Crippen LogP contribution in [0.3, 0.4) is 0 Å². The Morgan fingerprint density at radius 3 is 2.76 bits per heavy atom. The molecule has 100 valence electrons. The highest BCUT2D eigenvalue weighted by atomic mass is 16.5. The third-order valence-corrected chi connectivity index (χ3v) is 4.16. The molecule has 2 atom stereocenters. The Morgan fingerprint density at radius 2 is 2.18 bits per heavy atom. The Hall–Kier alpha value is -0.120. The van der Waals surface area contributed by atoms with Gasteiger partial charge in [-0.3, -0.25) is 4.90 Å². The van der Waals surface area contributed by atoms with Crippen LogP contribution in [0.4, 0.5) is 0 Å². The molecular weight excluding hydrogens is 212 g/mol. The van der Waals surface area contributed by atoms with Crippen molar-refractivity contribution in [3.63, 3.8) is 0 Å². The summed E-state index contributed by atoms with van der Waals surface area (Å²) in [6.07, 6.45) is 2.88. The van der Waals surface area contributed by atoms with Gasteiger partial charge in [-0.05, 0) is 32.6 Å². The molecule has 2 heterocycles. The number of hydrogen-bond donors (Lipinski definition) is 1. The highest BCUT2D eigenvalue weighted by Crippen LogP contribution is 2.30. The second-order valence-corrected chi connectivity index (χ2v) is 6.55. The largest absolute Gasteiger partial charge is 0.371 e. The number of rotatable bonds is 3. The van der Waals surface area contributed by atoms with E-state index in [9.17, 15) is 0 Å². The van der Waals surface area contributed by atoms with Crippen LogP contribution in [0, 0.1) is 5.92 Å². The van der Waals surface area contributed by atoms with Crippen molar-refractivity contribution < 1.29 is 4.74 Å². The van der Waals surface area contributed by atoms with E-state index < -0.39 is 0 Å². The average Bonchev–Trinajstić information content (AvgIpc) is 2.58. The predicted octanol–water partition coefficient (Wildman–Crippen LogP) is 1.87. The first kappa shape index (κ1) is 13.3. The summed E-state index contributed by atoms with van der Waals surface area (Å²) in [5.74, 6) is 0.720. The second kappa shape index (κ2) is 5.25. The Kier molecular flexibility index (Phi) is 4.11. The molecule has 0 saturated carbocycles. The van der Waals surface area contributed by atoms with Crippen LogP contribution in [0.1, 0.15) is 40.5 Å². The summed E-state index contributed by atoms with van der Waals surface area (Å²) in [4.78, 5) is 2.63. The molecule has 0 aliphatic carbocycles. The molecule has 2 saturated heterocycles. The van der Waals surface area contributed by atoms with Gasteiger partial charge < -0.3 is 10.1 Å². The van der Waals surface area contributed by atoms with Gasteiger partial charge in [0.15, 0.2) is 0 Å². The molecule has 0 aromatic heterocycles. The van der Waals surface area contributed by atoms with Crippen molar-refractivity contribution in [1.29, 1.82) is 0 Å². The van der Waals surface area contributed by atoms with Crippen LogP contribution in [0.15, 0.2) is 0 Å². The molecule has 0 bridgehead atoms. The highest BCUT2D eigenvalue weighted by molar-refractivity contribution is 4.87. The lowest BCUT2D eigenvalue weighted by Crippen LogP contribution is -2.55. The zero-order valence-electron chi connectivity index (χ0n) is 11.8. The minimum absolute atomic E-state index is 0.103. The molecular formula is C14H28N2O. The number of ether oxygens (including phenoxy) is 1. The molecule has 2 unspecified atom stereocenters. The third-order valence-electron chi connectivity index (χ3n) is 4.16. The van der Waals surface area contributed by atoms with Crippen molar-refractivity contribution >= 4 is 0 Å². The molecule has 2 aliphatic rings. The highest BCUT2D eigenvalue weighted by Gasteiger charge is 2.34. The molecule has 0 aromatic rings. The lowest BCUT2D eigenvalue weighted by molar-refractivity contribution is -0.0389. The topological polar surface area (TPSA) is 24.5 Å². The predicted molar refractivity (Wildman–Crippen MR) is 71.3 cm³/mol. The van der Waals surface area contributed by atoms with Crippen molar-refractivity contribution in [3.05, 3.63) is 0 Å². The fourth-order valence-electron chi connectivity index (χ4n) is 3.12. The van der Waals surface area contributed by atoms with Crippen LogP contribution in [0.25, 0.3) is 0 Å². The Bertz CT molecular complexity index is 253. The van der Waals surface area contributed by atoms with Crippen LogP contribution < -0.4 is 5.32 Å². The smallest absolute Gasteiger partial charge is 0.0710 e. The minimum Gasteiger partial charge on any atom is -0.371 e. The first-order chi connectivity index (χ1) is 7.98. The maximum atomic E-state index is 6.12. The summed E-state index contributed by atoms with van der Waals surface area (Å²) in [5, 5.41) is 3.50. The van der Waals surface area contributed by atoms with Crippen molar-refractivity contribution in [1.82, 2.24) is 10.2 Å². The van der Waals surface area contributed by atoms with Crippen LogP contribution in [-0.4, -0.2) is 48.8 Å². The molecule has 0 spiro atoms. The van der Waals surface area contributed by atoms with E-state index in [0.717, 1.165) is 25.6 Å². The van der Waals surface area contributed by atoms with Gasteiger partial charge in [-0.2, -0.15) is 0 Å². The van der Waals surface area contributed by atoms with Crippen molar-refractivity contribution in [3.8, 4) is 0 Å². The van der Waals surface area contributed by atoms with Crippen molar-refractivity contribution in [2.24, 2.45) is 5.92 Å². The van der Waals surface area contributed by atoms with Gasteiger partial charge in [-0.15, -0.1) is 0 Å². The number of hydrogen-bond acceptors (Lipinski definition) is 3. The van der Waals surface area contributed by atoms with E-state index in [2.05, 4.69) is 37.9 Å². The summed E-state index contributed by atoms with van der Waals surface area (Å²) in [5.41, 5.74) is 0.103. The SMILES string of the molecule is CC(C)C1CNCCN1CC1CCC(C)(C)O1. The monoisotopic (exact) mass is 240 g/mol. The van der Waals surface area contributed by atoms with Crippen LogP contribution >= 0.6 is 0 Å². The zero-order chi connectivity index (χ0) is 12.5. The number of nitrogens with zero attached hydrogens (tertiary/aromatic N) is 1. The Labute approximate surface area is 106 Å². The molecule has 17 heavy (non-hydrogen) atoms. The van der Waals surface area contributed by atoms with E-state index in [0.29, 0.717) is 12.1 Å². The third kappa shape index (κ3) is 3.43. The minimum atomic E-state index is 0.103. The first-order valence-electron chi connectivity index (χ1n) is 7.10. The second-order valence-electron chi connectivity index (χ2n) is 6.55. The van der Waals surface area contributed by atoms with Crippen LogP contribution in [-0.2, 0) is 4.74 Å². The molecule has 3 nitrogen and oxygen atoms in total. The molecule has 0 aromatic carbocycles. The van der Waals surface area contributed by atoms with Crippen LogP contribution in [0.2, 0.25) is 0 Å². The summed E-state index contributed by atoms with van der Waals surface area (Å²) in [6.45, 7) is 13.6. The van der Waals surface area contributed by atoms with E-state index in [4.69, 9.17) is 4.74 Å². The summed E-state index contributed by atoms with van der Waals surface area (Å²) >= 11 is 0. The summed E-state index contributed by atoms with van der Waals surface area (Å²) in [7, 11) is 0. The van der Waals surface area contributed by atoms with Crippen LogP contribution in [0.5, 0.6) is 0 Å². The van der Waals surface area contributed by atoms with Gasteiger partial charge >= 0.3 is 0 Å². The van der Waals surface area contributed by atoms with Gasteiger partial charge in [0.1, 0.15) is 0 Å².